The second-order valence-corrected chi connectivity index (χ2v) is 5.18. The first-order valence-corrected chi connectivity index (χ1v) is 6.72. The summed E-state index contributed by atoms with van der Waals surface area (Å²) < 4.78 is 10.8. The van der Waals surface area contributed by atoms with Gasteiger partial charge in [-0.05, 0) is 25.2 Å². The zero-order valence-electron chi connectivity index (χ0n) is 11.8. The van der Waals surface area contributed by atoms with Gasteiger partial charge in [0, 0.05) is 25.7 Å². The first kappa shape index (κ1) is 16.6. The number of hydrogen-bond donors (Lipinski definition) is 0. The van der Waals surface area contributed by atoms with E-state index < -0.39 is 0 Å². The maximum Gasteiger partial charge on any atom is 0.160 e. The standard InChI is InChI=1S/C14H28O3/c1-12(2)7-10-16-8-5-6-9-17-11-14(15)13(3)4/h12-13H,5-11H2,1-4H3. The maximum atomic E-state index is 11.2. The fourth-order valence-corrected chi connectivity index (χ4v) is 1.17. The van der Waals surface area contributed by atoms with Crippen molar-refractivity contribution in [2.24, 2.45) is 11.8 Å². The first-order chi connectivity index (χ1) is 8.04. The molecule has 0 amide bonds. The van der Waals surface area contributed by atoms with Crippen LogP contribution >= 0.6 is 0 Å². The number of rotatable bonds is 11. The molecule has 0 N–H and O–H groups in total. The van der Waals surface area contributed by atoms with E-state index >= 15 is 0 Å². The molecule has 3 nitrogen and oxygen atoms in total. The van der Waals surface area contributed by atoms with E-state index in [9.17, 15) is 4.79 Å². The fraction of sp³-hybridized carbons (Fsp3) is 0.929. The minimum absolute atomic E-state index is 0.0781. The summed E-state index contributed by atoms with van der Waals surface area (Å²) >= 11 is 0. The Balaban J connectivity index is 3.11. The average molecular weight is 244 g/mol. The quantitative estimate of drug-likeness (QED) is 0.524. The highest BCUT2D eigenvalue weighted by Crippen LogP contribution is 2.00. The smallest absolute Gasteiger partial charge is 0.160 e. The Hall–Kier alpha value is -0.410. The third kappa shape index (κ3) is 11.8. The van der Waals surface area contributed by atoms with Gasteiger partial charge in [0.25, 0.3) is 0 Å². The lowest BCUT2D eigenvalue weighted by Gasteiger charge is -2.07. The minimum atomic E-state index is 0.0781. The van der Waals surface area contributed by atoms with Crippen molar-refractivity contribution in [3.63, 3.8) is 0 Å². The number of carbonyl (C=O) groups is 1. The average Bonchev–Trinajstić information content (AvgIpc) is 2.25. The van der Waals surface area contributed by atoms with Crippen molar-refractivity contribution < 1.29 is 14.3 Å². The van der Waals surface area contributed by atoms with Gasteiger partial charge in [0.1, 0.15) is 6.61 Å². The van der Waals surface area contributed by atoms with E-state index in [1.807, 2.05) is 13.8 Å². The second-order valence-electron chi connectivity index (χ2n) is 5.18. The van der Waals surface area contributed by atoms with Gasteiger partial charge in [0.05, 0.1) is 0 Å². The van der Waals surface area contributed by atoms with Gasteiger partial charge in [-0.25, -0.2) is 0 Å². The van der Waals surface area contributed by atoms with Gasteiger partial charge in [0.15, 0.2) is 5.78 Å². The highest BCUT2D eigenvalue weighted by Gasteiger charge is 2.06. The highest BCUT2D eigenvalue weighted by molar-refractivity contribution is 5.81. The molecule has 0 aromatic heterocycles. The van der Waals surface area contributed by atoms with Crippen LogP contribution in [0.15, 0.2) is 0 Å². The molecule has 3 heteroatoms. The number of hydrogen-bond acceptors (Lipinski definition) is 3. The third-order valence-corrected chi connectivity index (χ3v) is 2.56. The number of Topliss-reactive ketones (excluding diaryl/α,β-unsaturated/α-hetero) is 1. The van der Waals surface area contributed by atoms with Crippen molar-refractivity contribution in [3.8, 4) is 0 Å². The Bertz CT molecular complexity index is 188. The Morgan fingerprint density at radius 1 is 0.941 bits per heavy atom. The van der Waals surface area contributed by atoms with Crippen molar-refractivity contribution in [1.82, 2.24) is 0 Å². The van der Waals surface area contributed by atoms with E-state index in [1.54, 1.807) is 0 Å². The first-order valence-electron chi connectivity index (χ1n) is 6.72. The fourth-order valence-electron chi connectivity index (χ4n) is 1.17. The van der Waals surface area contributed by atoms with Crippen molar-refractivity contribution in [3.05, 3.63) is 0 Å². The van der Waals surface area contributed by atoms with Gasteiger partial charge in [-0.15, -0.1) is 0 Å². The molecule has 102 valence electrons. The molecule has 0 bridgehead atoms. The monoisotopic (exact) mass is 244 g/mol. The summed E-state index contributed by atoms with van der Waals surface area (Å²) in [6.07, 6.45) is 3.10. The molecule has 0 aromatic rings. The summed E-state index contributed by atoms with van der Waals surface area (Å²) in [5.41, 5.74) is 0. The van der Waals surface area contributed by atoms with Crippen LogP contribution in [0, 0.1) is 11.8 Å². The molecule has 0 unspecified atom stereocenters. The van der Waals surface area contributed by atoms with Crippen LogP contribution in [-0.4, -0.2) is 32.2 Å². The van der Waals surface area contributed by atoms with E-state index in [2.05, 4.69) is 13.8 Å². The van der Waals surface area contributed by atoms with Crippen LogP contribution in [0.5, 0.6) is 0 Å². The molecular weight excluding hydrogens is 216 g/mol. The minimum Gasteiger partial charge on any atom is -0.381 e. The lowest BCUT2D eigenvalue weighted by atomic mass is 10.1. The van der Waals surface area contributed by atoms with Gasteiger partial charge >= 0.3 is 0 Å². The second kappa shape index (κ2) is 10.7. The van der Waals surface area contributed by atoms with Crippen LogP contribution in [0.1, 0.15) is 47.0 Å². The van der Waals surface area contributed by atoms with Crippen LogP contribution in [0.2, 0.25) is 0 Å². The van der Waals surface area contributed by atoms with Gasteiger partial charge in [-0.1, -0.05) is 27.7 Å². The Kier molecular flexibility index (Phi) is 10.5. The van der Waals surface area contributed by atoms with Crippen LogP contribution in [0.4, 0.5) is 0 Å². The molecule has 0 aliphatic carbocycles. The molecule has 0 fully saturated rings. The molecule has 0 saturated heterocycles. The Morgan fingerprint density at radius 3 is 2.06 bits per heavy atom. The van der Waals surface area contributed by atoms with Crippen LogP contribution in [0.25, 0.3) is 0 Å². The lowest BCUT2D eigenvalue weighted by molar-refractivity contribution is -0.126. The van der Waals surface area contributed by atoms with Gasteiger partial charge in [-0.2, -0.15) is 0 Å². The Morgan fingerprint density at radius 2 is 1.53 bits per heavy atom. The molecule has 0 saturated carbocycles. The van der Waals surface area contributed by atoms with Gasteiger partial charge in [-0.3, -0.25) is 4.79 Å². The summed E-state index contributed by atoms with van der Waals surface area (Å²) in [7, 11) is 0. The topological polar surface area (TPSA) is 35.5 Å². The molecule has 0 radical (unpaired) electrons. The van der Waals surface area contributed by atoms with E-state index in [1.165, 1.54) is 0 Å². The summed E-state index contributed by atoms with van der Waals surface area (Å²) in [5, 5.41) is 0. The maximum absolute atomic E-state index is 11.2. The molecule has 0 spiro atoms. The van der Waals surface area contributed by atoms with Crippen LogP contribution < -0.4 is 0 Å². The number of unbranched alkanes of at least 4 members (excludes halogenated alkanes) is 1. The Labute approximate surface area is 106 Å². The molecule has 0 rings (SSSR count). The van der Waals surface area contributed by atoms with E-state index in [0.717, 1.165) is 32.5 Å². The number of ether oxygens (including phenoxy) is 2. The number of carbonyl (C=O) groups excluding carboxylic acids is 1. The predicted octanol–water partition coefficient (Wildman–Crippen LogP) is 3.07. The van der Waals surface area contributed by atoms with Crippen LogP contribution in [-0.2, 0) is 14.3 Å². The van der Waals surface area contributed by atoms with Gasteiger partial charge in [0.2, 0.25) is 0 Å². The molecule has 0 atom stereocenters. The SMILES string of the molecule is CC(C)CCOCCCCOCC(=O)C(C)C. The van der Waals surface area contributed by atoms with E-state index in [-0.39, 0.29) is 18.3 Å². The van der Waals surface area contributed by atoms with Crippen molar-refractivity contribution in [2.45, 2.75) is 47.0 Å². The normalized spacial score (nSPS) is 11.4. The van der Waals surface area contributed by atoms with Gasteiger partial charge < -0.3 is 9.47 Å². The summed E-state index contributed by atoms with van der Waals surface area (Å²) in [4.78, 5) is 11.2. The summed E-state index contributed by atoms with van der Waals surface area (Å²) in [5.74, 6) is 0.966. The third-order valence-electron chi connectivity index (χ3n) is 2.56. The molecule has 0 aliphatic heterocycles. The predicted molar refractivity (Wildman–Crippen MR) is 70.2 cm³/mol. The summed E-state index contributed by atoms with van der Waals surface area (Å²) in [6, 6.07) is 0. The van der Waals surface area contributed by atoms with Crippen molar-refractivity contribution in [1.29, 1.82) is 0 Å². The molecule has 0 aliphatic rings. The number of ketones is 1. The molecule has 0 aromatic carbocycles. The molecular formula is C14H28O3. The van der Waals surface area contributed by atoms with Crippen molar-refractivity contribution in [2.75, 3.05) is 26.4 Å². The highest BCUT2D eigenvalue weighted by atomic mass is 16.5. The van der Waals surface area contributed by atoms with E-state index in [0.29, 0.717) is 12.5 Å². The van der Waals surface area contributed by atoms with E-state index in [4.69, 9.17) is 9.47 Å². The molecule has 17 heavy (non-hydrogen) atoms. The molecule has 0 heterocycles. The largest absolute Gasteiger partial charge is 0.381 e. The summed E-state index contributed by atoms with van der Waals surface area (Å²) in [6.45, 7) is 10.8. The van der Waals surface area contributed by atoms with Crippen molar-refractivity contribution >= 4 is 5.78 Å². The zero-order valence-corrected chi connectivity index (χ0v) is 11.8. The lowest BCUT2D eigenvalue weighted by Crippen LogP contribution is -2.15. The zero-order chi connectivity index (χ0) is 13.1. The van der Waals surface area contributed by atoms with Crippen LogP contribution in [0.3, 0.4) is 0 Å².